The van der Waals surface area contributed by atoms with Crippen LogP contribution in [0, 0.1) is 0 Å². The lowest BCUT2D eigenvalue weighted by Crippen LogP contribution is -2.29. The van der Waals surface area contributed by atoms with Gasteiger partial charge in [-0.15, -0.1) is 0 Å². The number of carbonyl (C=O) groups excluding carboxylic acids is 1. The Bertz CT molecular complexity index is 887. The smallest absolute Gasteiger partial charge is 0.222 e. The summed E-state index contributed by atoms with van der Waals surface area (Å²) in [6.07, 6.45) is 1.60. The van der Waals surface area contributed by atoms with Gasteiger partial charge < -0.3 is 25.0 Å². The third-order valence-electron chi connectivity index (χ3n) is 4.89. The molecule has 0 unspecified atom stereocenters. The molecule has 1 amide bonds. The van der Waals surface area contributed by atoms with Crippen LogP contribution in [0.15, 0.2) is 42.5 Å². The minimum atomic E-state index is 0.235. The van der Waals surface area contributed by atoms with E-state index in [0.717, 1.165) is 41.3 Å². The molecule has 146 valence electrons. The summed E-state index contributed by atoms with van der Waals surface area (Å²) in [5.74, 6) is 1.71. The molecule has 28 heavy (non-hydrogen) atoms. The molecule has 7 heteroatoms. The lowest BCUT2D eigenvalue weighted by Gasteiger charge is -2.20. The molecule has 1 fully saturated rings. The molecule has 0 bridgehead atoms. The highest BCUT2D eigenvalue weighted by Gasteiger charge is 2.20. The first-order valence-corrected chi connectivity index (χ1v) is 9.89. The molecule has 2 aliphatic rings. The number of hydrogen-bond acceptors (Lipinski definition) is 4. The molecular weight excluding hydrogens is 374 g/mol. The van der Waals surface area contributed by atoms with E-state index in [1.54, 1.807) is 0 Å². The number of fused-ring (bicyclic) bond motifs is 1. The molecule has 2 aromatic carbocycles. The first-order chi connectivity index (χ1) is 13.7. The molecule has 4 rings (SSSR count). The average molecular weight is 398 g/mol. The largest absolute Gasteiger partial charge is 0.486 e. The number of hydrogen-bond donors (Lipinski definition) is 2. The fraction of sp³-hybridized carbons (Fsp3) is 0.333. The van der Waals surface area contributed by atoms with Crippen LogP contribution < -0.4 is 20.1 Å². The molecule has 2 aromatic rings. The van der Waals surface area contributed by atoms with Gasteiger partial charge in [-0.1, -0.05) is 24.3 Å². The SMILES string of the molecule is O=C1CCCN1Cc1ccccc1CNC(=S)Nc1ccc2c(c1)OCCO2. The van der Waals surface area contributed by atoms with Crippen LogP contribution in [-0.2, 0) is 17.9 Å². The second-order valence-electron chi connectivity index (χ2n) is 6.85. The molecule has 6 nitrogen and oxygen atoms in total. The fourth-order valence-corrected chi connectivity index (χ4v) is 3.62. The number of nitrogens with zero attached hydrogens (tertiary/aromatic N) is 1. The van der Waals surface area contributed by atoms with Gasteiger partial charge in [0.05, 0.1) is 0 Å². The summed E-state index contributed by atoms with van der Waals surface area (Å²) in [4.78, 5) is 13.8. The Balaban J connectivity index is 1.35. The first kappa shape index (κ1) is 18.6. The normalized spacial score (nSPS) is 15.4. The van der Waals surface area contributed by atoms with Gasteiger partial charge in [-0.3, -0.25) is 4.79 Å². The molecular formula is C21H23N3O3S. The zero-order chi connectivity index (χ0) is 19.3. The summed E-state index contributed by atoms with van der Waals surface area (Å²) in [7, 11) is 0. The number of likely N-dealkylation sites (tertiary alicyclic amines) is 1. The van der Waals surface area contributed by atoms with Crippen molar-refractivity contribution in [1.82, 2.24) is 10.2 Å². The van der Waals surface area contributed by atoms with E-state index >= 15 is 0 Å². The summed E-state index contributed by atoms with van der Waals surface area (Å²) in [5, 5.41) is 6.96. The van der Waals surface area contributed by atoms with Crippen LogP contribution >= 0.6 is 12.2 Å². The Labute approximate surface area is 169 Å². The van der Waals surface area contributed by atoms with Crippen molar-refractivity contribution in [1.29, 1.82) is 0 Å². The Morgan fingerprint density at radius 1 is 1.07 bits per heavy atom. The molecule has 0 spiro atoms. The highest BCUT2D eigenvalue weighted by atomic mass is 32.1. The number of amides is 1. The van der Waals surface area contributed by atoms with Crippen molar-refractivity contribution in [3.8, 4) is 11.5 Å². The van der Waals surface area contributed by atoms with Crippen LogP contribution in [0.4, 0.5) is 5.69 Å². The topological polar surface area (TPSA) is 62.8 Å². The van der Waals surface area contributed by atoms with Crippen molar-refractivity contribution in [2.24, 2.45) is 0 Å². The predicted molar refractivity (Wildman–Crippen MR) is 112 cm³/mol. The predicted octanol–water partition coefficient (Wildman–Crippen LogP) is 3.07. The van der Waals surface area contributed by atoms with Gasteiger partial charge in [0.25, 0.3) is 0 Å². The van der Waals surface area contributed by atoms with E-state index in [-0.39, 0.29) is 5.91 Å². The van der Waals surface area contributed by atoms with E-state index in [4.69, 9.17) is 21.7 Å². The second-order valence-corrected chi connectivity index (χ2v) is 7.26. The molecule has 0 radical (unpaired) electrons. The Kier molecular flexibility index (Phi) is 5.62. The van der Waals surface area contributed by atoms with Crippen molar-refractivity contribution >= 4 is 28.9 Å². The number of benzene rings is 2. The van der Waals surface area contributed by atoms with Gasteiger partial charge in [-0.2, -0.15) is 0 Å². The van der Waals surface area contributed by atoms with Gasteiger partial charge in [-0.05, 0) is 41.9 Å². The number of nitrogens with one attached hydrogen (secondary N) is 2. The molecule has 0 saturated carbocycles. The maximum Gasteiger partial charge on any atom is 0.222 e. The summed E-state index contributed by atoms with van der Waals surface area (Å²) >= 11 is 5.44. The standard InChI is InChI=1S/C21H23N3O3S/c25-20-6-3-9-24(20)14-16-5-2-1-4-15(16)13-22-21(28)23-17-7-8-18-19(12-17)27-11-10-26-18/h1-2,4-5,7-8,12H,3,6,9-11,13-14H2,(H2,22,23,28). The van der Waals surface area contributed by atoms with Gasteiger partial charge in [-0.25, -0.2) is 0 Å². The molecule has 2 aliphatic heterocycles. The fourth-order valence-electron chi connectivity index (χ4n) is 3.43. The van der Waals surface area contributed by atoms with Crippen LogP contribution in [0.5, 0.6) is 11.5 Å². The minimum absolute atomic E-state index is 0.235. The molecule has 0 aliphatic carbocycles. The highest BCUT2D eigenvalue weighted by molar-refractivity contribution is 7.80. The van der Waals surface area contributed by atoms with E-state index in [2.05, 4.69) is 22.8 Å². The quantitative estimate of drug-likeness (QED) is 0.756. The molecule has 0 aromatic heterocycles. The number of anilines is 1. The van der Waals surface area contributed by atoms with Crippen LogP contribution in [-0.4, -0.2) is 35.7 Å². The van der Waals surface area contributed by atoms with E-state index in [1.165, 1.54) is 0 Å². The summed E-state index contributed by atoms with van der Waals surface area (Å²) in [6, 6.07) is 13.8. The van der Waals surface area contributed by atoms with Crippen LogP contribution in [0.3, 0.4) is 0 Å². The Hall–Kier alpha value is -2.80. The third kappa shape index (κ3) is 4.36. The van der Waals surface area contributed by atoms with Crippen LogP contribution in [0.25, 0.3) is 0 Å². The lowest BCUT2D eigenvalue weighted by molar-refractivity contribution is -0.128. The maximum atomic E-state index is 11.9. The number of ether oxygens (including phenoxy) is 2. The number of rotatable bonds is 5. The van der Waals surface area contributed by atoms with Crippen molar-refractivity contribution in [3.05, 3.63) is 53.6 Å². The Morgan fingerprint density at radius 3 is 2.64 bits per heavy atom. The van der Waals surface area contributed by atoms with E-state index in [9.17, 15) is 4.79 Å². The lowest BCUT2D eigenvalue weighted by atomic mass is 10.1. The first-order valence-electron chi connectivity index (χ1n) is 9.48. The summed E-state index contributed by atoms with van der Waals surface area (Å²) in [5.41, 5.74) is 3.12. The molecule has 1 saturated heterocycles. The van der Waals surface area contributed by atoms with Crippen molar-refractivity contribution in [2.45, 2.75) is 25.9 Å². The van der Waals surface area contributed by atoms with Crippen molar-refractivity contribution in [2.75, 3.05) is 25.1 Å². The van der Waals surface area contributed by atoms with Gasteiger partial charge in [0, 0.05) is 37.8 Å². The van der Waals surface area contributed by atoms with E-state index < -0.39 is 0 Å². The third-order valence-corrected chi connectivity index (χ3v) is 5.14. The zero-order valence-corrected chi connectivity index (χ0v) is 16.4. The summed E-state index contributed by atoms with van der Waals surface area (Å²) < 4.78 is 11.1. The van der Waals surface area contributed by atoms with E-state index in [1.807, 2.05) is 35.2 Å². The highest BCUT2D eigenvalue weighted by Crippen LogP contribution is 2.32. The van der Waals surface area contributed by atoms with Crippen LogP contribution in [0.1, 0.15) is 24.0 Å². The van der Waals surface area contributed by atoms with Crippen LogP contribution in [0.2, 0.25) is 0 Å². The Morgan fingerprint density at radius 2 is 1.86 bits per heavy atom. The van der Waals surface area contributed by atoms with Gasteiger partial charge in [0.15, 0.2) is 16.6 Å². The van der Waals surface area contributed by atoms with Crippen molar-refractivity contribution < 1.29 is 14.3 Å². The van der Waals surface area contributed by atoms with Gasteiger partial charge >= 0.3 is 0 Å². The number of carbonyl (C=O) groups is 1. The maximum absolute atomic E-state index is 11.9. The summed E-state index contributed by atoms with van der Waals surface area (Å²) in [6.45, 7) is 3.20. The number of thiocarbonyl (C=S) groups is 1. The van der Waals surface area contributed by atoms with Gasteiger partial charge in [0.2, 0.25) is 5.91 Å². The van der Waals surface area contributed by atoms with E-state index in [0.29, 0.717) is 37.8 Å². The average Bonchev–Trinajstić information content (AvgIpc) is 3.12. The second kappa shape index (κ2) is 8.48. The van der Waals surface area contributed by atoms with Gasteiger partial charge in [0.1, 0.15) is 13.2 Å². The molecule has 2 N–H and O–H groups in total. The molecule has 2 heterocycles. The van der Waals surface area contributed by atoms with Crippen molar-refractivity contribution in [3.63, 3.8) is 0 Å². The molecule has 0 atom stereocenters. The minimum Gasteiger partial charge on any atom is -0.486 e. The monoisotopic (exact) mass is 397 g/mol. The zero-order valence-electron chi connectivity index (χ0n) is 15.6.